The van der Waals surface area contributed by atoms with E-state index in [0.717, 1.165) is 22.1 Å². The van der Waals surface area contributed by atoms with Gasteiger partial charge in [-0.25, -0.2) is 0 Å². The summed E-state index contributed by atoms with van der Waals surface area (Å²) >= 11 is -2.09. The Hall–Kier alpha value is -0.0626. The van der Waals surface area contributed by atoms with Crippen molar-refractivity contribution < 1.29 is 0 Å². The topological polar surface area (TPSA) is 51.6 Å². The number of fused-ring (bicyclic) bond motifs is 5. The average molecular weight is 570 g/mol. The molecule has 4 nitrogen and oxygen atoms in total. The molecule has 0 aliphatic heterocycles. The van der Waals surface area contributed by atoms with Gasteiger partial charge in [-0.1, -0.05) is 0 Å². The molecule has 24 heavy (non-hydrogen) atoms. The van der Waals surface area contributed by atoms with Crippen molar-refractivity contribution in [3.63, 3.8) is 0 Å². The van der Waals surface area contributed by atoms with E-state index >= 15 is 0 Å². The second kappa shape index (κ2) is 5.72. The maximum atomic E-state index is 4.68. The third-order valence-electron chi connectivity index (χ3n) is 4.47. The minimum absolute atomic E-state index is 1.06. The normalized spacial score (nSPS) is 13.4. The van der Waals surface area contributed by atoms with E-state index in [4.69, 9.17) is 0 Å². The summed E-state index contributed by atoms with van der Waals surface area (Å²) in [7, 11) is 0. The molecule has 0 spiro atoms. The van der Waals surface area contributed by atoms with Crippen molar-refractivity contribution in [2.45, 2.75) is 29.6 Å². The maximum absolute atomic E-state index is 4.68. The summed E-state index contributed by atoms with van der Waals surface area (Å²) in [5.41, 5.74) is 4.28. The second-order valence-corrected chi connectivity index (χ2v) is 38.2. The number of benzene rings is 2. The van der Waals surface area contributed by atoms with E-state index in [9.17, 15) is 0 Å². The van der Waals surface area contributed by atoms with Crippen LogP contribution in [0.1, 0.15) is 0 Å². The zero-order chi connectivity index (χ0) is 17.3. The Morgan fingerprint density at radius 2 is 1.00 bits per heavy atom. The van der Waals surface area contributed by atoms with Gasteiger partial charge in [0.15, 0.2) is 0 Å². The Morgan fingerprint density at radius 3 is 1.33 bits per heavy atom. The summed E-state index contributed by atoms with van der Waals surface area (Å²) in [6.45, 7) is 0. The Morgan fingerprint density at radius 1 is 0.625 bits per heavy atom. The van der Waals surface area contributed by atoms with Crippen LogP contribution < -0.4 is 7.16 Å². The molecule has 124 valence electrons. The van der Waals surface area contributed by atoms with Crippen LogP contribution in [-0.2, 0) is 0 Å². The Labute approximate surface area is 158 Å². The van der Waals surface area contributed by atoms with Crippen LogP contribution in [0.25, 0.3) is 32.8 Å². The molecule has 0 saturated carbocycles. The second-order valence-electron chi connectivity index (χ2n) is 8.36. The third kappa shape index (κ3) is 2.68. The van der Waals surface area contributed by atoms with E-state index in [-0.39, 0.29) is 0 Å². The van der Waals surface area contributed by atoms with E-state index in [0.29, 0.717) is 0 Å². The number of nitrogens with zero attached hydrogens (tertiary/aromatic N) is 4. The Balaban J connectivity index is 2.39. The summed E-state index contributed by atoms with van der Waals surface area (Å²) < 4.78 is 21.5. The fourth-order valence-corrected chi connectivity index (χ4v) is 13.3. The third-order valence-corrected chi connectivity index (χ3v) is 17.0. The van der Waals surface area contributed by atoms with Gasteiger partial charge in [0.05, 0.1) is 0 Å². The van der Waals surface area contributed by atoms with E-state index in [1.165, 1.54) is 41.4 Å². The number of rotatable bonds is 2. The number of aromatic nitrogens is 4. The molecule has 0 bridgehead atoms. The first-order valence-electron chi connectivity index (χ1n) is 8.03. The van der Waals surface area contributed by atoms with E-state index in [1.54, 1.807) is 0 Å². The van der Waals surface area contributed by atoms with Gasteiger partial charge in [0.1, 0.15) is 0 Å². The van der Waals surface area contributed by atoms with Crippen molar-refractivity contribution in [3.05, 3.63) is 12.1 Å². The monoisotopic (exact) mass is 572 g/mol. The molecular weight excluding hydrogens is 550 g/mol. The van der Waals surface area contributed by atoms with Crippen molar-refractivity contribution in [1.82, 2.24) is 17.5 Å². The van der Waals surface area contributed by atoms with Crippen LogP contribution in [0.4, 0.5) is 0 Å². The molecule has 0 amide bonds. The number of hydrogen-bond acceptors (Lipinski definition) is 6. The first-order chi connectivity index (χ1) is 11.2. The Kier molecular flexibility index (Phi) is 4.14. The van der Waals surface area contributed by atoms with Gasteiger partial charge in [-0.2, -0.15) is 0 Å². The van der Waals surface area contributed by atoms with Crippen LogP contribution in [-0.4, -0.2) is 54.2 Å². The van der Waals surface area contributed by atoms with Gasteiger partial charge in [-0.15, -0.1) is 0 Å². The van der Waals surface area contributed by atoms with Gasteiger partial charge >= 0.3 is 159 Å². The first kappa shape index (κ1) is 17.4. The van der Waals surface area contributed by atoms with Gasteiger partial charge in [0.25, 0.3) is 0 Å². The van der Waals surface area contributed by atoms with Crippen LogP contribution in [0, 0.1) is 0 Å². The molecule has 0 aliphatic rings. The quantitative estimate of drug-likeness (QED) is 0.343. The standard InChI is InChI=1S/C10H2N4S2.6CH3.2Sn/c1-3-7-10(14-15-11-7)6-2-4-8-9(5(1)6)13-16-12-8;;;;;;;;/h3-4H;6*1H3;;. The molecule has 0 unspecified atom stereocenters. The van der Waals surface area contributed by atoms with Crippen molar-refractivity contribution >= 4 is 100 Å². The first-order valence-corrected chi connectivity index (χ1v) is 29.5. The summed E-state index contributed by atoms with van der Waals surface area (Å²) in [5.74, 6) is 0. The molecule has 0 N–H and O–H groups in total. The summed E-state index contributed by atoms with van der Waals surface area (Å²) in [6, 6.07) is 4.61. The average Bonchev–Trinajstić information content (AvgIpc) is 3.11. The molecule has 2 aromatic heterocycles. The fraction of sp³-hybridized carbons (Fsp3) is 0.375. The predicted molar refractivity (Wildman–Crippen MR) is 112 cm³/mol. The molecule has 0 aliphatic carbocycles. The molecule has 4 rings (SSSR count). The van der Waals surface area contributed by atoms with Crippen molar-refractivity contribution in [1.29, 1.82) is 0 Å². The van der Waals surface area contributed by atoms with Gasteiger partial charge < -0.3 is 0 Å². The SMILES string of the molecule is [CH3][Sn]([CH3])([CH3])[c]1cc2nsnc2c2[c]([Sn]([CH3])([CH3])[CH3])cc3nsnc3c12. The molecule has 2 aromatic carbocycles. The van der Waals surface area contributed by atoms with Crippen LogP contribution in [0.15, 0.2) is 12.1 Å². The van der Waals surface area contributed by atoms with E-state index < -0.39 is 36.8 Å². The fourth-order valence-electron chi connectivity index (χ4n) is 3.29. The van der Waals surface area contributed by atoms with Crippen molar-refractivity contribution in [2.24, 2.45) is 0 Å². The van der Waals surface area contributed by atoms with Gasteiger partial charge in [0, 0.05) is 0 Å². The summed E-state index contributed by atoms with van der Waals surface area (Å²) in [5, 5.41) is 2.68. The predicted octanol–water partition coefficient (Wildman–Crippen LogP) is 3.94. The Bertz CT molecular complexity index is 999. The van der Waals surface area contributed by atoms with Gasteiger partial charge in [-0.05, 0) is 0 Å². The van der Waals surface area contributed by atoms with Crippen LogP contribution in [0.5, 0.6) is 0 Å². The van der Waals surface area contributed by atoms with Crippen molar-refractivity contribution in [3.8, 4) is 0 Å². The zero-order valence-electron chi connectivity index (χ0n) is 14.8. The molecule has 0 fully saturated rings. The van der Waals surface area contributed by atoms with Gasteiger partial charge in [-0.3, -0.25) is 0 Å². The van der Waals surface area contributed by atoms with Gasteiger partial charge in [0.2, 0.25) is 0 Å². The van der Waals surface area contributed by atoms with Crippen LogP contribution in [0.3, 0.4) is 0 Å². The molecular formula is C16H20N4S2Sn2. The minimum atomic E-state index is -2.37. The molecule has 0 radical (unpaired) electrons. The molecule has 8 heteroatoms. The van der Waals surface area contributed by atoms with Crippen molar-refractivity contribution in [2.75, 3.05) is 0 Å². The molecule has 2 heterocycles. The summed E-state index contributed by atoms with van der Waals surface area (Å²) in [6.07, 6.45) is 0. The molecule has 0 saturated heterocycles. The summed E-state index contributed by atoms with van der Waals surface area (Å²) in [4.78, 5) is 14.8. The van der Waals surface area contributed by atoms with E-state index in [1.807, 2.05) is 0 Å². The zero-order valence-corrected chi connectivity index (χ0v) is 22.1. The molecule has 4 aromatic rings. The van der Waals surface area contributed by atoms with Crippen LogP contribution in [0.2, 0.25) is 29.6 Å². The molecule has 0 atom stereocenters. The van der Waals surface area contributed by atoms with Crippen LogP contribution >= 0.6 is 23.5 Å². The van der Waals surface area contributed by atoms with E-state index in [2.05, 4.69) is 59.3 Å². The number of hydrogen-bond donors (Lipinski definition) is 0.